The summed E-state index contributed by atoms with van der Waals surface area (Å²) < 4.78 is 5.22. The minimum absolute atomic E-state index is 0.126. The monoisotopic (exact) mass is 536 g/mol. The number of benzene rings is 3. The minimum Gasteiger partial charge on any atom is -0.452 e. The van der Waals surface area contributed by atoms with Crippen molar-refractivity contribution in [2.45, 2.75) is 17.2 Å². The number of hydrogen-bond donors (Lipinski definition) is 1. The lowest BCUT2D eigenvalue weighted by Gasteiger charge is -2.28. The standard InChI is InChI=1S/C28H22Cl2N2O5/c29-24-18-12-19(25(24)30)23-22(18)26(34)32(27(23)35)16-8-3-7-15(11-16)28(36)37-13-21(33)31-20-10-4-6-14-5-1-2-9-17(14)20/h1-11,18-19,22-25H,12-13H2,(H,31,33)/t18-,19-,22-,23-,24+,25+/m1/s1. The molecule has 3 aromatic rings. The summed E-state index contributed by atoms with van der Waals surface area (Å²) >= 11 is 12.9. The van der Waals surface area contributed by atoms with Crippen molar-refractivity contribution >= 4 is 69.0 Å². The van der Waals surface area contributed by atoms with Gasteiger partial charge in [0.1, 0.15) is 0 Å². The van der Waals surface area contributed by atoms with Gasteiger partial charge in [-0.05, 0) is 47.9 Å². The van der Waals surface area contributed by atoms with E-state index in [-0.39, 0.29) is 45.7 Å². The Bertz CT molecular complexity index is 1420. The van der Waals surface area contributed by atoms with E-state index in [1.165, 1.54) is 12.1 Å². The molecule has 1 saturated heterocycles. The Labute approximate surface area is 222 Å². The van der Waals surface area contributed by atoms with E-state index < -0.39 is 30.3 Å². The van der Waals surface area contributed by atoms with E-state index in [4.69, 9.17) is 27.9 Å². The van der Waals surface area contributed by atoms with Gasteiger partial charge in [-0.15, -0.1) is 23.2 Å². The number of alkyl halides is 2. The number of imide groups is 1. The maximum absolute atomic E-state index is 13.2. The molecule has 2 saturated carbocycles. The van der Waals surface area contributed by atoms with Crippen molar-refractivity contribution in [2.24, 2.45) is 23.7 Å². The molecule has 1 aliphatic heterocycles. The molecule has 3 amide bonds. The molecule has 0 aromatic heterocycles. The number of esters is 1. The highest BCUT2D eigenvalue weighted by Gasteiger charge is 2.66. The first kappa shape index (κ1) is 23.9. The number of halogens is 2. The Morgan fingerprint density at radius 3 is 2.27 bits per heavy atom. The minimum atomic E-state index is -0.740. The SMILES string of the molecule is O=C(COC(=O)c1cccc(N2C(=O)[C@@H]3[C@H]4C[C@@H]([C@H](Cl)[C@H]4Cl)[C@H]3C2=O)c1)Nc1cccc2ccccc12. The highest BCUT2D eigenvalue weighted by atomic mass is 35.5. The lowest BCUT2D eigenvalue weighted by atomic mass is 9.80. The Balaban J connectivity index is 1.14. The summed E-state index contributed by atoms with van der Waals surface area (Å²) in [5, 5.41) is 3.93. The molecule has 3 aliphatic rings. The first-order valence-corrected chi connectivity index (χ1v) is 12.9. The van der Waals surface area contributed by atoms with E-state index in [1.807, 2.05) is 36.4 Å². The fraction of sp³-hybridized carbons (Fsp3) is 0.286. The number of rotatable bonds is 5. The van der Waals surface area contributed by atoms with Crippen molar-refractivity contribution < 1.29 is 23.9 Å². The molecule has 188 valence electrons. The van der Waals surface area contributed by atoms with E-state index in [0.29, 0.717) is 12.1 Å². The van der Waals surface area contributed by atoms with Crippen molar-refractivity contribution in [1.29, 1.82) is 0 Å². The van der Waals surface area contributed by atoms with E-state index in [1.54, 1.807) is 18.2 Å². The van der Waals surface area contributed by atoms with Gasteiger partial charge in [0.25, 0.3) is 5.91 Å². The average Bonchev–Trinajstić information content (AvgIpc) is 3.52. The van der Waals surface area contributed by atoms with Crippen LogP contribution in [0, 0.1) is 23.7 Å². The van der Waals surface area contributed by atoms with Gasteiger partial charge in [0.15, 0.2) is 6.61 Å². The number of carbonyl (C=O) groups excluding carboxylic acids is 4. The van der Waals surface area contributed by atoms with Crippen molar-refractivity contribution in [2.75, 3.05) is 16.8 Å². The van der Waals surface area contributed by atoms with Gasteiger partial charge in [0, 0.05) is 11.1 Å². The Kier molecular flexibility index (Phi) is 5.92. The largest absolute Gasteiger partial charge is 0.452 e. The van der Waals surface area contributed by atoms with Crippen LogP contribution in [0.5, 0.6) is 0 Å². The fourth-order valence-electron chi connectivity index (χ4n) is 6.11. The van der Waals surface area contributed by atoms with Crippen LogP contribution in [0.1, 0.15) is 16.8 Å². The van der Waals surface area contributed by atoms with Crippen molar-refractivity contribution in [3.8, 4) is 0 Å². The van der Waals surface area contributed by atoms with Crippen molar-refractivity contribution in [3.05, 3.63) is 72.3 Å². The van der Waals surface area contributed by atoms with Gasteiger partial charge >= 0.3 is 5.97 Å². The number of fused-ring (bicyclic) bond motifs is 6. The second-order valence-corrected chi connectivity index (χ2v) is 10.7. The number of hydrogen-bond acceptors (Lipinski definition) is 5. The maximum Gasteiger partial charge on any atom is 0.338 e. The lowest BCUT2D eigenvalue weighted by Crippen LogP contribution is -2.37. The third-order valence-electron chi connectivity index (χ3n) is 7.73. The molecule has 2 bridgehead atoms. The molecule has 3 fully saturated rings. The normalized spacial score (nSPS) is 28.0. The smallest absolute Gasteiger partial charge is 0.338 e. The number of nitrogens with zero attached hydrogens (tertiary/aromatic N) is 1. The molecule has 6 atom stereocenters. The molecule has 0 radical (unpaired) electrons. The molecule has 2 aliphatic carbocycles. The van der Waals surface area contributed by atoms with Gasteiger partial charge in [-0.3, -0.25) is 19.3 Å². The molecule has 3 aromatic carbocycles. The van der Waals surface area contributed by atoms with Crippen LogP contribution in [0.2, 0.25) is 0 Å². The highest BCUT2D eigenvalue weighted by Crippen LogP contribution is 2.59. The predicted octanol–water partition coefficient (Wildman–Crippen LogP) is 4.61. The second kappa shape index (κ2) is 9.15. The van der Waals surface area contributed by atoms with Crippen LogP contribution in [0.4, 0.5) is 11.4 Å². The highest BCUT2D eigenvalue weighted by molar-refractivity contribution is 6.32. The van der Waals surface area contributed by atoms with E-state index in [0.717, 1.165) is 15.7 Å². The molecule has 0 unspecified atom stereocenters. The number of nitrogens with one attached hydrogen (secondary N) is 1. The molecule has 0 spiro atoms. The summed E-state index contributed by atoms with van der Waals surface area (Å²) in [6, 6.07) is 19.3. The van der Waals surface area contributed by atoms with E-state index in [9.17, 15) is 19.2 Å². The number of carbonyl (C=O) groups is 4. The van der Waals surface area contributed by atoms with Crippen LogP contribution in [-0.2, 0) is 19.1 Å². The molecule has 9 heteroatoms. The van der Waals surface area contributed by atoms with E-state index in [2.05, 4.69) is 5.32 Å². The number of ether oxygens (including phenoxy) is 1. The van der Waals surface area contributed by atoms with Crippen LogP contribution in [0.3, 0.4) is 0 Å². The van der Waals surface area contributed by atoms with Crippen LogP contribution >= 0.6 is 23.2 Å². The van der Waals surface area contributed by atoms with Gasteiger partial charge in [-0.2, -0.15) is 0 Å². The molecular formula is C28H22Cl2N2O5. The van der Waals surface area contributed by atoms with Gasteiger partial charge < -0.3 is 10.1 Å². The summed E-state index contributed by atoms with van der Waals surface area (Å²) in [7, 11) is 0. The number of anilines is 2. The second-order valence-electron chi connectivity index (χ2n) is 9.72. The van der Waals surface area contributed by atoms with Crippen LogP contribution in [0.25, 0.3) is 10.8 Å². The molecule has 1 heterocycles. The predicted molar refractivity (Wildman–Crippen MR) is 140 cm³/mol. The molecular weight excluding hydrogens is 515 g/mol. The lowest BCUT2D eigenvalue weighted by molar-refractivity contribution is -0.123. The third-order valence-corrected chi connectivity index (χ3v) is 9.04. The molecule has 7 nitrogen and oxygen atoms in total. The molecule has 37 heavy (non-hydrogen) atoms. The van der Waals surface area contributed by atoms with Crippen molar-refractivity contribution in [3.63, 3.8) is 0 Å². The molecule has 6 rings (SSSR count). The summed E-state index contributed by atoms with van der Waals surface area (Å²) in [4.78, 5) is 52.8. The molecule has 1 N–H and O–H groups in total. The van der Waals surface area contributed by atoms with Gasteiger partial charge in [0.05, 0.1) is 33.8 Å². The van der Waals surface area contributed by atoms with Gasteiger partial charge in [-0.25, -0.2) is 4.79 Å². The Morgan fingerprint density at radius 2 is 1.54 bits per heavy atom. The third kappa shape index (κ3) is 3.88. The first-order chi connectivity index (χ1) is 17.8. The zero-order valence-corrected chi connectivity index (χ0v) is 21.0. The van der Waals surface area contributed by atoms with Crippen LogP contribution in [0.15, 0.2) is 66.7 Å². The number of amides is 3. The summed E-state index contributed by atoms with van der Waals surface area (Å²) in [5.41, 5.74) is 1.03. The fourth-order valence-corrected chi connectivity index (χ4v) is 7.00. The quantitative estimate of drug-likeness (QED) is 0.292. The van der Waals surface area contributed by atoms with Crippen LogP contribution in [-0.4, -0.2) is 41.1 Å². The average molecular weight is 537 g/mol. The Hall–Kier alpha value is -3.42. The van der Waals surface area contributed by atoms with E-state index >= 15 is 0 Å². The van der Waals surface area contributed by atoms with Gasteiger partial charge in [0.2, 0.25) is 11.8 Å². The zero-order chi connectivity index (χ0) is 25.8. The maximum atomic E-state index is 13.2. The van der Waals surface area contributed by atoms with Gasteiger partial charge in [-0.1, -0.05) is 42.5 Å². The summed E-state index contributed by atoms with van der Waals surface area (Å²) in [6.07, 6.45) is 0.677. The first-order valence-electron chi connectivity index (χ1n) is 12.1. The zero-order valence-electron chi connectivity index (χ0n) is 19.5. The Morgan fingerprint density at radius 1 is 0.892 bits per heavy atom. The topological polar surface area (TPSA) is 92.8 Å². The van der Waals surface area contributed by atoms with Crippen LogP contribution < -0.4 is 10.2 Å². The summed E-state index contributed by atoms with van der Waals surface area (Å²) in [5.74, 6) is -3.07. The van der Waals surface area contributed by atoms with Crippen molar-refractivity contribution in [1.82, 2.24) is 0 Å². The summed E-state index contributed by atoms with van der Waals surface area (Å²) in [6.45, 7) is -0.490.